The van der Waals surface area contributed by atoms with Gasteiger partial charge in [0.2, 0.25) is 5.91 Å². The van der Waals surface area contributed by atoms with Crippen molar-refractivity contribution in [2.75, 3.05) is 31.6 Å². The molecule has 25 heavy (non-hydrogen) atoms. The summed E-state index contributed by atoms with van der Waals surface area (Å²) in [4.78, 5) is 29.3. The molecule has 0 aliphatic heterocycles. The number of carbonyl (C=O) groups is 1. The Balaban J connectivity index is 1.36. The number of likely N-dealkylation sites (N-methyl/N-ethyl adjacent to an activating group) is 1. The van der Waals surface area contributed by atoms with Crippen LogP contribution in [0.2, 0.25) is 0 Å². The Labute approximate surface area is 147 Å². The third-order valence-corrected chi connectivity index (χ3v) is 4.49. The molecule has 3 rings (SSSR count). The molecule has 0 spiro atoms. The van der Waals surface area contributed by atoms with Crippen LogP contribution in [-0.2, 0) is 9.53 Å². The lowest BCUT2D eigenvalue weighted by Gasteiger charge is -2.22. The Hall–Kier alpha value is -2.22. The summed E-state index contributed by atoms with van der Waals surface area (Å²) in [5.74, 6) is 0.629. The van der Waals surface area contributed by atoms with Gasteiger partial charge >= 0.3 is 0 Å². The molecule has 1 aliphatic carbocycles. The summed E-state index contributed by atoms with van der Waals surface area (Å²) < 4.78 is 5.86. The van der Waals surface area contributed by atoms with Crippen molar-refractivity contribution in [1.29, 1.82) is 0 Å². The molecule has 1 aliphatic rings. The van der Waals surface area contributed by atoms with Crippen LogP contribution in [-0.4, -0.2) is 58.7 Å². The number of rotatable bonds is 8. The van der Waals surface area contributed by atoms with Gasteiger partial charge < -0.3 is 19.9 Å². The second-order valence-electron chi connectivity index (χ2n) is 6.49. The molecule has 0 bridgehead atoms. The smallest absolute Gasteiger partial charge is 0.239 e. The first-order valence-corrected chi connectivity index (χ1v) is 8.97. The van der Waals surface area contributed by atoms with Crippen LogP contribution in [0.4, 0.5) is 5.82 Å². The summed E-state index contributed by atoms with van der Waals surface area (Å²) in [5.41, 5.74) is 1.33. The number of ether oxygens (including phenoxy) is 1. The largest absolute Gasteiger partial charge is 0.378 e. The Morgan fingerprint density at radius 2 is 2.16 bits per heavy atom. The molecule has 2 N–H and O–H groups in total. The molecule has 2 aromatic heterocycles. The SMILES string of the molecule is CN(CC(=O)NCCCOC1CCCCC1)c1ncnc2nc[nH]c12. The number of H-pyrrole nitrogens is 1. The zero-order chi connectivity index (χ0) is 17.5. The van der Waals surface area contributed by atoms with Crippen LogP contribution >= 0.6 is 0 Å². The van der Waals surface area contributed by atoms with Crippen molar-refractivity contribution in [2.45, 2.75) is 44.6 Å². The van der Waals surface area contributed by atoms with Gasteiger partial charge in [-0.05, 0) is 19.3 Å². The number of aromatic amines is 1. The number of nitrogens with one attached hydrogen (secondary N) is 2. The predicted molar refractivity (Wildman–Crippen MR) is 95.4 cm³/mol. The lowest BCUT2D eigenvalue weighted by molar-refractivity contribution is -0.119. The molecular formula is C17H26N6O2. The van der Waals surface area contributed by atoms with Gasteiger partial charge in [0, 0.05) is 20.2 Å². The lowest BCUT2D eigenvalue weighted by atomic mass is 9.98. The zero-order valence-corrected chi connectivity index (χ0v) is 14.7. The first kappa shape index (κ1) is 17.6. The highest BCUT2D eigenvalue weighted by atomic mass is 16.5. The fraction of sp³-hybridized carbons (Fsp3) is 0.647. The molecule has 0 atom stereocenters. The molecule has 0 aromatic carbocycles. The standard InChI is InChI=1S/C17H26N6O2/c1-23(17-15-16(20-11-19-15)21-12-22-17)10-14(24)18-8-5-9-25-13-6-3-2-4-7-13/h11-13H,2-10H2,1H3,(H,18,24)(H,19,20,21,22). The summed E-state index contributed by atoms with van der Waals surface area (Å²) in [5, 5.41) is 2.93. The number of carbonyl (C=O) groups excluding carboxylic acids is 1. The van der Waals surface area contributed by atoms with Gasteiger partial charge in [0.25, 0.3) is 0 Å². The number of hydrogen-bond acceptors (Lipinski definition) is 6. The summed E-state index contributed by atoms with van der Waals surface area (Å²) >= 11 is 0. The van der Waals surface area contributed by atoms with Crippen molar-refractivity contribution in [3.63, 3.8) is 0 Å². The molecule has 136 valence electrons. The fourth-order valence-corrected chi connectivity index (χ4v) is 3.17. The number of amides is 1. The normalized spacial score (nSPS) is 15.4. The van der Waals surface area contributed by atoms with Gasteiger partial charge in [-0.2, -0.15) is 0 Å². The van der Waals surface area contributed by atoms with E-state index in [1.165, 1.54) is 38.4 Å². The third kappa shape index (κ3) is 4.88. The van der Waals surface area contributed by atoms with Crippen LogP contribution in [0.15, 0.2) is 12.7 Å². The van der Waals surface area contributed by atoms with Crippen LogP contribution < -0.4 is 10.2 Å². The first-order chi connectivity index (χ1) is 12.2. The number of anilines is 1. The molecule has 0 saturated heterocycles. The van der Waals surface area contributed by atoms with E-state index in [4.69, 9.17) is 4.74 Å². The number of hydrogen-bond donors (Lipinski definition) is 2. The van der Waals surface area contributed by atoms with E-state index in [0.717, 1.165) is 11.9 Å². The average Bonchev–Trinajstić information content (AvgIpc) is 3.11. The molecule has 0 radical (unpaired) electrons. The quantitative estimate of drug-likeness (QED) is 0.706. The molecule has 1 fully saturated rings. The summed E-state index contributed by atoms with van der Waals surface area (Å²) in [6, 6.07) is 0. The van der Waals surface area contributed by atoms with Gasteiger partial charge in [-0.1, -0.05) is 19.3 Å². The highest BCUT2D eigenvalue weighted by Crippen LogP contribution is 2.20. The van der Waals surface area contributed by atoms with Crippen molar-refractivity contribution >= 4 is 22.9 Å². The van der Waals surface area contributed by atoms with E-state index < -0.39 is 0 Å². The maximum Gasteiger partial charge on any atom is 0.239 e. The maximum absolute atomic E-state index is 12.1. The highest BCUT2D eigenvalue weighted by molar-refractivity contribution is 5.86. The average molecular weight is 346 g/mol. The second-order valence-corrected chi connectivity index (χ2v) is 6.49. The number of aromatic nitrogens is 4. The van der Waals surface area contributed by atoms with Gasteiger partial charge in [0.15, 0.2) is 11.5 Å². The minimum absolute atomic E-state index is 0.0357. The minimum Gasteiger partial charge on any atom is -0.378 e. The minimum atomic E-state index is -0.0357. The van der Waals surface area contributed by atoms with Gasteiger partial charge in [0.1, 0.15) is 11.8 Å². The van der Waals surface area contributed by atoms with E-state index in [2.05, 4.69) is 25.3 Å². The van der Waals surface area contributed by atoms with E-state index in [0.29, 0.717) is 30.7 Å². The van der Waals surface area contributed by atoms with Crippen LogP contribution in [0.1, 0.15) is 38.5 Å². The molecule has 0 unspecified atom stereocenters. The van der Waals surface area contributed by atoms with Gasteiger partial charge in [-0.15, -0.1) is 0 Å². The van der Waals surface area contributed by atoms with Crippen molar-refractivity contribution in [3.8, 4) is 0 Å². The summed E-state index contributed by atoms with van der Waals surface area (Å²) in [6.45, 7) is 1.57. The topological polar surface area (TPSA) is 96.0 Å². The van der Waals surface area contributed by atoms with Crippen molar-refractivity contribution < 1.29 is 9.53 Å². The van der Waals surface area contributed by atoms with Crippen molar-refractivity contribution in [2.24, 2.45) is 0 Å². The Morgan fingerprint density at radius 3 is 3.00 bits per heavy atom. The monoisotopic (exact) mass is 346 g/mol. The highest BCUT2D eigenvalue weighted by Gasteiger charge is 2.14. The number of fused-ring (bicyclic) bond motifs is 1. The van der Waals surface area contributed by atoms with Crippen LogP contribution in [0, 0.1) is 0 Å². The van der Waals surface area contributed by atoms with Gasteiger partial charge in [0.05, 0.1) is 19.0 Å². The zero-order valence-electron chi connectivity index (χ0n) is 14.7. The van der Waals surface area contributed by atoms with Crippen LogP contribution in [0.5, 0.6) is 0 Å². The molecular weight excluding hydrogens is 320 g/mol. The Kier molecular flexibility index (Phi) is 6.16. The summed E-state index contributed by atoms with van der Waals surface area (Å²) in [7, 11) is 1.83. The van der Waals surface area contributed by atoms with E-state index >= 15 is 0 Å². The van der Waals surface area contributed by atoms with Crippen molar-refractivity contribution in [1.82, 2.24) is 25.3 Å². The molecule has 1 saturated carbocycles. The number of imidazole rings is 1. The Bertz CT molecular complexity index is 683. The van der Waals surface area contributed by atoms with Crippen LogP contribution in [0.3, 0.4) is 0 Å². The van der Waals surface area contributed by atoms with E-state index in [-0.39, 0.29) is 12.5 Å². The maximum atomic E-state index is 12.1. The molecule has 8 nitrogen and oxygen atoms in total. The molecule has 2 heterocycles. The van der Waals surface area contributed by atoms with Crippen molar-refractivity contribution in [3.05, 3.63) is 12.7 Å². The first-order valence-electron chi connectivity index (χ1n) is 8.97. The number of nitrogens with zero attached hydrogens (tertiary/aromatic N) is 4. The van der Waals surface area contributed by atoms with E-state index in [1.807, 2.05) is 7.05 Å². The third-order valence-electron chi connectivity index (χ3n) is 4.49. The van der Waals surface area contributed by atoms with E-state index in [1.54, 1.807) is 11.2 Å². The van der Waals surface area contributed by atoms with Crippen LogP contribution in [0.25, 0.3) is 11.2 Å². The molecule has 2 aromatic rings. The fourth-order valence-electron chi connectivity index (χ4n) is 3.17. The Morgan fingerprint density at radius 1 is 1.32 bits per heavy atom. The van der Waals surface area contributed by atoms with Gasteiger partial charge in [-0.25, -0.2) is 15.0 Å². The van der Waals surface area contributed by atoms with Gasteiger partial charge in [-0.3, -0.25) is 4.79 Å². The predicted octanol–water partition coefficient (Wildman–Crippen LogP) is 1.64. The second kappa shape index (κ2) is 8.75. The molecule has 8 heteroatoms. The van der Waals surface area contributed by atoms with E-state index in [9.17, 15) is 4.79 Å². The lowest BCUT2D eigenvalue weighted by Crippen LogP contribution is -2.36. The molecule has 1 amide bonds. The summed E-state index contributed by atoms with van der Waals surface area (Å²) in [6.07, 6.45) is 10.5.